The second-order valence-electron chi connectivity index (χ2n) is 5.03. The lowest BCUT2D eigenvalue weighted by Crippen LogP contribution is -2.13. The van der Waals surface area contributed by atoms with Crippen LogP contribution < -0.4 is 5.56 Å². The number of nitrogens with one attached hydrogen (secondary N) is 1. The average molecular weight is 320 g/mol. The molecule has 1 saturated carbocycles. The number of halogens is 1. The molecule has 1 fully saturated rings. The molecule has 2 aromatic rings. The van der Waals surface area contributed by atoms with Gasteiger partial charge in [-0.15, -0.1) is 0 Å². The summed E-state index contributed by atoms with van der Waals surface area (Å²) in [4.78, 5) is 23.8. The zero-order chi connectivity index (χ0) is 13.6. The molecule has 0 aromatic carbocycles. The maximum atomic E-state index is 12.0. The van der Waals surface area contributed by atoms with E-state index in [4.69, 9.17) is 0 Å². The van der Waals surface area contributed by atoms with Gasteiger partial charge in [0, 0.05) is 22.9 Å². The van der Waals surface area contributed by atoms with E-state index in [1.165, 1.54) is 0 Å². The molecule has 0 bridgehead atoms. The van der Waals surface area contributed by atoms with Gasteiger partial charge in [-0.05, 0) is 54.8 Å². The first-order chi connectivity index (χ1) is 9.04. The molecular formula is C14H14BrN3O. The van der Waals surface area contributed by atoms with E-state index in [-0.39, 0.29) is 5.56 Å². The van der Waals surface area contributed by atoms with E-state index in [0.29, 0.717) is 16.2 Å². The van der Waals surface area contributed by atoms with Crippen LogP contribution in [-0.2, 0) is 0 Å². The second-order valence-corrected chi connectivity index (χ2v) is 5.82. The number of hydrogen-bond acceptors (Lipinski definition) is 3. The zero-order valence-corrected chi connectivity index (χ0v) is 12.4. The lowest BCUT2D eigenvalue weighted by atomic mass is 10.1. The molecule has 1 N–H and O–H groups in total. The fraction of sp³-hybridized carbons (Fsp3) is 0.357. The van der Waals surface area contributed by atoms with E-state index in [2.05, 4.69) is 30.9 Å². The lowest BCUT2D eigenvalue weighted by molar-refractivity contribution is 0.957. The molecule has 0 spiro atoms. The van der Waals surface area contributed by atoms with Crippen molar-refractivity contribution >= 4 is 15.9 Å². The normalized spacial score (nSPS) is 14.7. The third kappa shape index (κ3) is 2.47. The molecule has 0 unspecified atom stereocenters. The van der Waals surface area contributed by atoms with Crippen molar-refractivity contribution < 1.29 is 0 Å². The molecule has 1 aliphatic rings. The van der Waals surface area contributed by atoms with Gasteiger partial charge in [0.25, 0.3) is 5.56 Å². The Hall–Kier alpha value is -1.49. The first-order valence-corrected chi connectivity index (χ1v) is 7.09. The number of H-pyrrole nitrogens is 1. The predicted octanol–water partition coefficient (Wildman–Crippen LogP) is 3.09. The topological polar surface area (TPSA) is 58.6 Å². The summed E-state index contributed by atoms with van der Waals surface area (Å²) in [5.41, 5.74) is 3.53. The Bertz CT molecular complexity index is 684. The van der Waals surface area contributed by atoms with Crippen molar-refractivity contribution in [1.82, 2.24) is 15.0 Å². The highest BCUT2D eigenvalue weighted by Crippen LogP contribution is 2.41. The Balaban J connectivity index is 2.17. The minimum absolute atomic E-state index is 0.112. The van der Waals surface area contributed by atoms with Crippen molar-refractivity contribution in [1.29, 1.82) is 0 Å². The van der Waals surface area contributed by atoms with Gasteiger partial charge in [0.2, 0.25) is 0 Å². The van der Waals surface area contributed by atoms with Crippen molar-refractivity contribution in [3.8, 4) is 11.4 Å². The molecule has 98 valence electrons. The van der Waals surface area contributed by atoms with Gasteiger partial charge in [0.15, 0.2) is 0 Å². The SMILES string of the molecule is Cc1cc(-c2nc(C3CC3)c(Br)c(=O)[nH]2)cc(C)n1. The summed E-state index contributed by atoms with van der Waals surface area (Å²) in [7, 11) is 0. The van der Waals surface area contributed by atoms with Gasteiger partial charge in [-0.25, -0.2) is 4.98 Å². The van der Waals surface area contributed by atoms with Crippen molar-refractivity contribution in [2.24, 2.45) is 0 Å². The predicted molar refractivity (Wildman–Crippen MR) is 77.2 cm³/mol. The first-order valence-electron chi connectivity index (χ1n) is 6.30. The van der Waals surface area contributed by atoms with Crippen LogP contribution in [0.1, 0.15) is 35.8 Å². The maximum absolute atomic E-state index is 12.0. The molecule has 0 aliphatic heterocycles. The Morgan fingerprint density at radius 2 is 1.84 bits per heavy atom. The quantitative estimate of drug-likeness (QED) is 0.925. The fourth-order valence-corrected chi connectivity index (χ4v) is 2.72. The van der Waals surface area contributed by atoms with Crippen LogP contribution in [0.3, 0.4) is 0 Å². The molecule has 0 saturated heterocycles. The molecule has 4 nitrogen and oxygen atoms in total. The Kier molecular flexibility index (Phi) is 3.01. The largest absolute Gasteiger partial charge is 0.306 e. The number of aromatic nitrogens is 3. The highest BCUT2D eigenvalue weighted by molar-refractivity contribution is 9.10. The third-order valence-corrected chi connectivity index (χ3v) is 3.97. The van der Waals surface area contributed by atoms with Crippen LogP contribution >= 0.6 is 15.9 Å². The van der Waals surface area contributed by atoms with Gasteiger partial charge < -0.3 is 4.98 Å². The van der Waals surface area contributed by atoms with E-state index >= 15 is 0 Å². The number of aromatic amines is 1. The highest BCUT2D eigenvalue weighted by Gasteiger charge is 2.29. The van der Waals surface area contributed by atoms with E-state index < -0.39 is 0 Å². The summed E-state index contributed by atoms with van der Waals surface area (Å²) in [5, 5.41) is 0. The monoisotopic (exact) mass is 319 g/mol. The standard InChI is InChI=1S/C14H14BrN3O/c1-7-5-10(6-8(2)16-7)13-17-12(9-3-4-9)11(15)14(19)18-13/h5-6,9H,3-4H2,1-2H3,(H,17,18,19). The number of pyridine rings is 1. The highest BCUT2D eigenvalue weighted by atomic mass is 79.9. The summed E-state index contributed by atoms with van der Waals surface area (Å²) >= 11 is 3.34. The Labute approximate surface area is 119 Å². The summed E-state index contributed by atoms with van der Waals surface area (Å²) in [6.07, 6.45) is 2.23. The van der Waals surface area contributed by atoms with Crippen molar-refractivity contribution in [2.75, 3.05) is 0 Å². The molecule has 19 heavy (non-hydrogen) atoms. The number of rotatable bonds is 2. The van der Waals surface area contributed by atoms with Gasteiger partial charge in [-0.3, -0.25) is 9.78 Å². The van der Waals surface area contributed by atoms with Crippen molar-refractivity contribution in [3.05, 3.63) is 44.0 Å². The van der Waals surface area contributed by atoms with Crippen LogP contribution in [0.2, 0.25) is 0 Å². The van der Waals surface area contributed by atoms with Gasteiger partial charge in [0.05, 0.1) is 5.69 Å². The molecule has 0 amide bonds. The minimum atomic E-state index is -0.112. The van der Waals surface area contributed by atoms with Crippen LogP contribution in [-0.4, -0.2) is 15.0 Å². The molecule has 2 aromatic heterocycles. The zero-order valence-electron chi connectivity index (χ0n) is 10.8. The van der Waals surface area contributed by atoms with Crippen LogP contribution in [0.15, 0.2) is 21.4 Å². The maximum Gasteiger partial charge on any atom is 0.265 e. The number of hydrogen-bond donors (Lipinski definition) is 1. The summed E-state index contributed by atoms with van der Waals surface area (Å²) in [6, 6.07) is 3.88. The molecule has 2 heterocycles. The Morgan fingerprint density at radius 1 is 1.21 bits per heavy atom. The smallest absolute Gasteiger partial charge is 0.265 e. The van der Waals surface area contributed by atoms with E-state index in [1.807, 2.05) is 26.0 Å². The second kappa shape index (κ2) is 4.56. The molecule has 1 aliphatic carbocycles. The van der Waals surface area contributed by atoms with Crippen molar-refractivity contribution in [3.63, 3.8) is 0 Å². The van der Waals surface area contributed by atoms with Gasteiger partial charge in [0.1, 0.15) is 10.3 Å². The summed E-state index contributed by atoms with van der Waals surface area (Å²) < 4.78 is 0.571. The Morgan fingerprint density at radius 3 is 2.42 bits per heavy atom. The lowest BCUT2D eigenvalue weighted by Gasteiger charge is -2.07. The molecule has 3 rings (SSSR count). The van der Waals surface area contributed by atoms with Crippen molar-refractivity contribution in [2.45, 2.75) is 32.6 Å². The fourth-order valence-electron chi connectivity index (χ4n) is 2.21. The number of nitrogens with zero attached hydrogens (tertiary/aromatic N) is 2. The molecule has 5 heteroatoms. The molecule has 0 atom stereocenters. The minimum Gasteiger partial charge on any atom is -0.306 e. The van der Waals surface area contributed by atoms with Gasteiger partial charge in [-0.2, -0.15) is 0 Å². The van der Waals surface area contributed by atoms with E-state index in [9.17, 15) is 4.79 Å². The summed E-state index contributed by atoms with van der Waals surface area (Å²) in [5.74, 6) is 1.06. The van der Waals surface area contributed by atoms with E-state index in [1.54, 1.807) is 0 Å². The average Bonchev–Trinajstić information content (AvgIpc) is 3.15. The van der Waals surface area contributed by atoms with E-state index in [0.717, 1.165) is 35.5 Å². The van der Waals surface area contributed by atoms with Gasteiger partial charge >= 0.3 is 0 Å². The van der Waals surface area contributed by atoms with Crippen LogP contribution in [0.25, 0.3) is 11.4 Å². The van der Waals surface area contributed by atoms with Crippen LogP contribution in [0.5, 0.6) is 0 Å². The number of aryl methyl sites for hydroxylation is 2. The van der Waals surface area contributed by atoms with Crippen LogP contribution in [0.4, 0.5) is 0 Å². The first kappa shape index (κ1) is 12.5. The molecular weight excluding hydrogens is 306 g/mol. The third-order valence-electron chi connectivity index (χ3n) is 3.21. The van der Waals surface area contributed by atoms with Gasteiger partial charge in [-0.1, -0.05) is 0 Å². The summed E-state index contributed by atoms with van der Waals surface area (Å²) in [6.45, 7) is 3.88. The molecule has 0 radical (unpaired) electrons. The van der Waals surface area contributed by atoms with Crippen LogP contribution in [0, 0.1) is 13.8 Å².